The number of fused-ring (bicyclic) bond motifs is 1. The topological polar surface area (TPSA) is 105 Å². The highest BCUT2D eigenvalue weighted by Crippen LogP contribution is 2.34. The Kier molecular flexibility index (Phi) is 9.72. The van der Waals surface area contributed by atoms with Crippen LogP contribution in [0.15, 0.2) is 71.6 Å². The summed E-state index contributed by atoms with van der Waals surface area (Å²) in [5, 5.41) is 2.91. The number of carbonyl (C=O) groups excluding carboxylic acids is 2. The number of amides is 2. The third-order valence-corrected chi connectivity index (χ3v) is 8.87. The van der Waals surface area contributed by atoms with Crippen molar-refractivity contribution in [1.82, 2.24) is 10.2 Å². The van der Waals surface area contributed by atoms with Crippen molar-refractivity contribution < 1.29 is 31.9 Å². The van der Waals surface area contributed by atoms with Crippen molar-refractivity contribution in [2.45, 2.75) is 57.6 Å². The van der Waals surface area contributed by atoms with Gasteiger partial charge in [-0.2, -0.15) is 0 Å². The molecule has 11 heteroatoms. The summed E-state index contributed by atoms with van der Waals surface area (Å²) in [7, 11) is -4.35. The first kappa shape index (κ1) is 30.8. The largest absolute Gasteiger partial charge is 0.486 e. The number of carbonyl (C=O) groups is 2. The number of hydrogen-bond acceptors (Lipinski definition) is 6. The summed E-state index contributed by atoms with van der Waals surface area (Å²) in [6, 6.07) is 15.6. The number of sulfonamides is 1. The minimum Gasteiger partial charge on any atom is -0.486 e. The lowest BCUT2D eigenvalue weighted by atomic mass is 10.1. The Morgan fingerprint density at radius 3 is 2.33 bits per heavy atom. The van der Waals surface area contributed by atoms with Crippen molar-refractivity contribution in [2.75, 3.05) is 24.1 Å². The summed E-state index contributed by atoms with van der Waals surface area (Å²) in [6.45, 7) is 7.40. The number of nitrogens with zero attached hydrogens (tertiary/aromatic N) is 2. The Hall–Kier alpha value is -4.12. The lowest BCUT2D eigenvalue weighted by Crippen LogP contribution is -2.52. The van der Waals surface area contributed by atoms with Crippen LogP contribution in [0.4, 0.5) is 10.1 Å². The van der Waals surface area contributed by atoms with E-state index in [-0.39, 0.29) is 41.4 Å². The number of hydrogen-bond donors (Lipinski definition) is 1. The quantitative estimate of drug-likeness (QED) is 0.351. The second-order valence-electron chi connectivity index (χ2n) is 10.3. The van der Waals surface area contributed by atoms with Gasteiger partial charge in [0.1, 0.15) is 31.6 Å². The van der Waals surface area contributed by atoms with Gasteiger partial charge < -0.3 is 19.7 Å². The maximum atomic E-state index is 14.0. The molecule has 0 spiro atoms. The van der Waals surface area contributed by atoms with Crippen LogP contribution < -0.4 is 19.1 Å². The summed E-state index contributed by atoms with van der Waals surface area (Å²) < 4.78 is 53.9. The molecule has 0 radical (unpaired) electrons. The van der Waals surface area contributed by atoms with Crippen molar-refractivity contribution in [3.05, 3.63) is 83.7 Å². The van der Waals surface area contributed by atoms with E-state index >= 15 is 0 Å². The summed E-state index contributed by atoms with van der Waals surface area (Å²) >= 11 is 0. The molecule has 3 aromatic rings. The molecular weight excluding hydrogens is 561 g/mol. The van der Waals surface area contributed by atoms with Crippen LogP contribution in [0.25, 0.3) is 0 Å². The van der Waals surface area contributed by atoms with Crippen molar-refractivity contribution in [1.29, 1.82) is 0 Å². The Morgan fingerprint density at radius 2 is 1.67 bits per heavy atom. The predicted octanol–water partition coefficient (Wildman–Crippen LogP) is 4.43. The van der Waals surface area contributed by atoms with Gasteiger partial charge in [0.15, 0.2) is 11.5 Å². The fraction of sp³-hybridized carbons (Fsp3) is 0.355. The van der Waals surface area contributed by atoms with Gasteiger partial charge in [-0.1, -0.05) is 36.8 Å². The van der Waals surface area contributed by atoms with E-state index < -0.39 is 34.3 Å². The van der Waals surface area contributed by atoms with Gasteiger partial charge in [0.2, 0.25) is 11.8 Å². The molecule has 2 amide bonds. The van der Waals surface area contributed by atoms with E-state index in [4.69, 9.17) is 9.47 Å². The van der Waals surface area contributed by atoms with Gasteiger partial charge in [-0.05, 0) is 69.2 Å². The van der Waals surface area contributed by atoms with Crippen molar-refractivity contribution in [2.24, 2.45) is 0 Å². The molecule has 1 aliphatic rings. The highest BCUT2D eigenvalue weighted by molar-refractivity contribution is 7.92. The zero-order valence-corrected chi connectivity index (χ0v) is 25.0. The van der Waals surface area contributed by atoms with E-state index in [1.54, 1.807) is 6.92 Å². The number of ether oxygens (including phenoxy) is 2. The average molecular weight is 598 g/mol. The van der Waals surface area contributed by atoms with Gasteiger partial charge in [0.25, 0.3) is 10.0 Å². The Bertz CT molecular complexity index is 1530. The van der Waals surface area contributed by atoms with Crippen LogP contribution >= 0.6 is 0 Å². The first-order valence-electron chi connectivity index (χ1n) is 13.8. The molecule has 42 heavy (non-hydrogen) atoms. The smallest absolute Gasteiger partial charge is 0.264 e. The fourth-order valence-corrected chi connectivity index (χ4v) is 5.93. The van der Waals surface area contributed by atoms with E-state index in [0.29, 0.717) is 18.8 Å². The van der Waals surface area contributed by atoms with Crippen molar-refractivity contribution in [3.8, 4) is 11.5 Å². The van der Waals surface area contributed by atoms with Crippen LogP contribution in [0.1, 0.15) is 38.3 Å². The van der Waals surface area contributed by atoms with E-state index in [0.717, 1.165) is 27.6 Å². The lowest BCUT2D eigenvalue weighted by Gasteiger charge is -2.32. The predicted molar refractivity (Wildman–Crippen MR) is 157 cm³/mol. The molecule has 1 heterocycles. The molecule has 0 bridgehead atoms. The molecule has 1 aliphatic heterocycles. The highest BCUT2D eigenvalue weighted by atomic mass is 32.2. The van der Waals surface area contributed by atoms with Crippen LogP contribution in [0.5, 0.6) is 11.5 Å². The molecular formula is C31H36FN3O6S. The number of halogens is 1. The summed E-state index contributed by atoms with van der Waals surface area (Å²) in [4.78, 5) is 28.4. The number of aryl methyl sites for hydroxylation is 1. The molecule has 0 aromatic heterocycles. The second kappa shape index (κ2) is 13.2. The zero-order valence-electron chi connectivity index (χ0n) is 24.2. The van der Waals surface area contributed by atoms with Gasteiger partial charge in [-0.3, -0.25) is 13.9 Å². The number of nitrogens with one attached hydrogen (secondary N) is 1. The highest BCUT2D eigenvalue weighted by Gasteiger charge is 2.33. The number of anilines is 1. The molecule has 1 N–H and O–H groups in total. The van der Waals surface area contributed by atoms with Gasteiger partial charge in [-0.25, -0.2) is 12.8 Å². The van der Waals surface area contributed by atoms with Crippen LogP contribution in [-0.2, 0) is 26.2 Å². The van der Waals surface area contributed by atoms with Gasteiger partial charge in [0, 0.05) is 18.7 Å². The minimum atomic E-state index is -4.35. The zero-order chi connectivity index (χ0) is 30.4. The summed E-state index contributed by atoms with van der Waals surface area (Å²) in [6.07, 6.45) is 0.705. The molecule has 0 unspecified atom stereocenters. The molecule has 0 saturated heterocycles. The Morgan fingerprint density at radius 1 is 0.976 bits per heavy atom. The van der Waals surface area contributed by atoms with E-state index in [1.807, 2.05) is 45.0 Å². The van der Waals surface area contributed by atoms with Crippen LogP contribution in [0.3, 0.4) is 0 Å². The molecule has 4 rings (SSSR count). The summed E-state index contributed by atoms with van der Waals surface area (Å²) in [5.41, 5.74) is 1.85. The van der Waals surface area contributed by atoms with Crippen molar-refractivity contribution in [3.63, 3.8) is 0 Å². The number of rotatable bonds is 11. The van der Waals surface area contributed by atoms with Gasteiger partial charge in [0.05, 0.1) is 10.6 Å². The molecule has 0 fully saturated rings. The van der Waals surface area contributed by atoms with E-state index in [1.165, 1.54) is 35.2 Å². The Balaban J connectivity index is 1.72. The molecule has 9 nitrogen and oxygen atoms in total. The molecule has 0 aliphatic carbocycles. The third-order valence-electron chi connectivity index (χ3n) is 7.10. The molecule has 0 saturated carbocycles. The maximum absolute atomic E-state index is 14.0. The van der Waals surface area contributed by atoms with Crippen LogP contribution in [0.2, 0.25) is 0 Å². The Labute approximate surface area is 246 Å². The van der Waals surface area contributed by atoms with Crippen LogP contribution in [0, 0.1) is 12.7 Å². The number of benzene rings is 3. The fourth-order valence-electron chi connectivity index (χ4n) is 4.50. The van der Waals surface area contributed by atoms with Gasteiger partial charge in [-0.15, -0.1) is 0 Å². The van der Waals surface area contributed by atoms with E-state index in [2.05, 4.69) is 5.32 Å². The van der Waals surface area contributed by atoms with Crippen LogP contribution in [-0.4, -0.2) is 57.0 Å². The molecule has 3 aromatic carbocycles. The second-order valence-corrected chi connectivity index (χ2v) is 12.2. The standard InChI is InChI=1S/C31H36FN3O6S/c1-5-22(3)33-31(37)23(4)34(19-24-8-6-7-21(2)17-24)30(36)20-35(26-11-9-25(32)10-12-26)42(38,39)27-13-14-28-29(18-27)41-16-15-40-28/h6-14,17-18,22-23H,5,15-16,19-20H2,1-4H3,(H,33,37)/t22-,23-/m0/s1. The third kappa shape index (κ3) is 7.20. The molecule has 224 valence electrons. The first-order valence-corrected chi connectivity index (χ1v) is 15.3. The monoisotopic (exact) mass is 597 g/mol. The SMILES string of the molecule is CC[C@H](C)NC(=O)[C@H](C)N(Cc1cccc(C)c1)C(=O)CN(c1ccc(F)cc1)S(=O)(=O)c1ccc2c(c1)OCCO2. The lowest BCUT2D eigenvalue weighted by molar-refractivity contribution is -0.139. The normalized spacial score (nSPS) is 14.0. The average Bonchev–Trinajstić information content (AvgIpc) is 2.98. The minimum absolute atomic E-state index is 0.0803. The summed E-state index contributed by atoms with van der Waals surface area (Å²) in [5.74, 6) is -0.834. The maximum Gasteiger partial charge on any atom is 0.264 e. The van der Waals surface area contributed by atoms with E-state index in [9.17, 15) is 22.4 Å². The molecule has 2 atom stereocenters. The van der Waals surface area contributed by atoms with Gasteiger partial charge >= 0.3 is 0 Å². The first-order chi connectivity index (χ1) is 20.0. The van der Waals surface area contributed by atoms with Crippen molar-refractivity contribution >= 4 is 27.5 Å².